The molecule has 1 aliphatic rings. The van der Waals surface area contributed by atoms with E-state index in [0.29, 0.717) is 12.1 Å². The van der Waals surface area contributed by atoms with E-state index in [4.69, 9.17) is 0 Å². The minimum atomic E-state index is -0.496. The van der Waals surface area contributed by atoms with Gasteiger partial charge >= 0.3 is 6.03 Å². The summed E-state index contributed by atoms with van der Waals surface area (Å²) in [6.07, 6.45) is 5.83. The van der Waals surface area contributed by atoms with E-state index in [2.05, 4.69) is 35.4 Å². The van der Waals surface area contributed by atoms with E-state index >= 15 is 0 Å². The lowest BCUT2D eigenvalue weighted by atomic mass is 10.0. The number of aryl methyl sites for hydroxylation is 2. The van der Waals surface area contributed by atoms with Gasteiger partial charge in [0.2, 0.25) is 0 Å². The molecule has 1 aromatic carbocycles. The fourth-order valence-corrected chi connectivity index (χ4v) is 5.09. The zero-order valence-electron chi connectivity index (χ0n) is 17.7. The quantitative estimate of drug-likeness (QED) is 0.293. The molecule has 1 N–H and O–H groups in total. The maximum absolute atomic E-state index is 12.7. The van der Waals surface area contributed by atoms with Crippen LogP contribution in [0, 0.1) is 6.92 Å². The van der Waals surface area contributed by atoms with Gasteiger partial charge < -0.3 is 5.11 Å². The number of benzene rings is 1. The molecule has 30 heavy (non-hydrogen) atoms. The molecule has 3 rings (SSSR count). The van der Waals surface area contributed by atoms with Crippen LogP contribution < -0.4 is 4.90 Å². The number of imide groups is 1. The van der Waals surface area contributed by atoms with Crippen LogP contribution in [-0.4, -0.2) is 27.8 Å². The van der Waals surface area contributed by atoms with Crippen LogP contribution in [0.1, 0.15) is 66.9 Å². The van der Waals surface area contributed by atoms with Gasteiger partial charge in [0, 0.05) is 15.4 Å². The van der Waals surface area contributed by atoms with E-state index in [1.165, 1.54) is 9.75 Å². The number of nitrogens with zero attached hydrogens (tertiary/aromatic N) is 2. The smallest absolute Gasteiger partial charge is 0.334 e. The van der Waals surface area contributed by atoms with Gasteiger partial charge in [0.1, 0.15) is 6.04 Å². The summed E-state index contributed by atoms with van der Waals surface area (Å²) in [6, 6.07) is 10.8. The van der Waals surface area contributed by atoms with E-state index in [1.54, 1.807) is 16.2 Å². The van der Waals surface area contributed by atoms with Crippen molar-refractivity contribution < 1.29 is 14.7 Å². The summed E-state index contributed by atoms with van der Waals surface area (Å²) < 4.78 is 1.13. The molecule has 2 aromatic rings. The Bertz CT molecular complexity index is 868. The first kappa shape index (κ1) is 22.9. The van der Waals surface area contributed by atoms with Crippen LogP contribution in [0.25, 0.3) is 0 Å². The van der Waals surface area contributed by atoms with Crippen LogP contribution in [0.15, 0.2) is 36.4 Å². The first-order valence-electron chi connectivity index (χ1n) is 10.7. The van der Waals surface area contributed by atoms with Crippen LogP contribution >= 0.6 is 20.7 Å². The first-order chi connectivity index (χ1) is 14.4. The fourth-order valence-electron chi connectivity index (χ4n) is 3.86. The largest absolute Gasteiger partial charge is 0.388 e. The number of carbonyl (C=O) groups is 2. The number of hydrogen-bond acceptors (Lipinski definition) is 4. The van der Waals surface area contributed by atoms with Crippen LogP contribution in [0.2, 0.25) is 0 Å². The van der Waals surface area contributed by atoms with Crippen LogP contribution in [0.3, 0.4) is 0 Å². The Labute approximate surface area is 185 Å². The molecule has 3 amide bonds. The molecule has 5 nitrogen and oxygen atoms in total. The lowest BCUT2D eigenvalue weighted by Gasteiger charge is -2.22. The highest BCUT2D eigenvalue weighted by Gasteiger charge is 2.43. The third-order valence-electron chi connectivity index (χ3n) is 5.58. The highest BCUT2D eigenvalue weighted by Crippen LogP contribution is 2.32. The van der Waals surface area contributed by atoms with Crippen molar-refractivity contribution in [1.29, 1.82) is 0 Å². The molecule has 0 radical (unpaired) electrons. The van der Waals surface area contributed by atoms with E-state index in [1.807, 2.05) is 24.3 Å². The zero-order chi connectivity index (χ0) is 21.7. The maximum Gasteiger partial charge on any atom is 0.334 e. The summed E-state index contributed by atoms with van der Waals surface area (Å²) in [5.74, 6) is -0.184. The number of rotatable bonds is 10. The summed E-state index contributed by atoms with van der Waals surface area (Å²) in [4.78, 5) is 29.6. The van der Waals surface area contributed by atoms with E-state index < -0.39 is 12.1 Å². The van der Waals surface area contributed by atoms with Gasteiger partial charge in [-0.3, -0.25) is 9.69 Å². The van der Waals surface area contributed by atoms with Crippen molar-refractivity contribution in [3.63, 3.8) is 0 Å². The molecule has 162 valence electrons. The number of hydrogen-bond donors (Lipinski definition) is 1. The Balaban J connectivity index is 1.67. The first-order valence-corrected chi connectivity index (χ1v) is 12.0. The number of amides is 3. The zero-order valence-corrected chi connectivity index (χ0v) is 19.7. The normalized spacial score (nSPS) is 17.8. The van der Waals surface area contributed by atoms with Gasteiger partial charge in [0.15, 0.2) is 0 Å². The van der Waals surface area contributed by atoms with Crippen molar-refractivity contribution in [1.82, 2.24) is 4.67 Å². The highest BCUT2D eigenvalue weighted by atomic mass is 32.1. The second-order valence-corrected chi connectivity index (χ2v) is 9.77. The Morgan fingerprint density at radius 1 is 1.10 bits per heavy atom. The molecule has 0 aliphatic carbocycles. The number of carbonyl (C=O) groups excluding carboxylic acids is 2. The number of urea groups is 1. The molecule has 0 bridgehead atoms. The van der Waals surface area contributed by atoms with Gasteiger partial charge in [-0.2, -0.15) is 0 Å². The minimum absolute atomic E-state index is 0.184. The topological polar surface area (TPSA) is 60.9 Å². The van der Waals surface area contributed by atoms with Crippen LogP contribution in [0.5, 0.6) is 0 Å². The second kappa shape index (κ2) is 10.5. The molecule has 1 aromatic heterocycles. The molecular formula is C23H31N2O3PS. The highest BCUT2D eigenvalue weighted by molar-refractivity contribution is 7.16. The van der Waals surface area contributed by atoms with E-state index in [-0.39, 0.29) is 11.9 Å². The van der Waals surface area contributed by atoms with Crippen molar-refractivity contribution >= 4 is 38.4 Å². The molecule has 1 aliphatic heterocycles. The summed E-state index contributed by atoms with van der Waals surface area (Å²) in [5, 5.41) is 10.4. The van der Waals surface area contributed by atoms with Gasteiger partial charge in [-0.25, -0.2) is 9.46 Å². The lowest BCUT2D eigenvalue weighted by molar-refractivity contribution is -0.123. The predicted molar refractivity (Wildman–Crippen MR) is 126 cm³/mol. The van der Waals surface area contributed by atoms with Gasteiger partial charge in [-0.15, -0.1) is 11.3 Å². The summed E-state index contributed by atoms with van der Waals surface area (Å²) in [5.41, 5.74) is 1.54. The molecule has 2 heterocycles. The SMILES string of the molecule is CCCCCC(O)c1ccc(N2C(=O)N(P)C(=O)C2CCCc2ccc(C)s2)cc1. The Kier molecular flexibility index (Phi) is 8.04. The molecular weight excluding hydrogens is 415 g/mol. The average Bonchev–Trinajstić information content (AvgIpc) is 3.25. The average molecular weight is 447 g/mol. The monoisotopic (exact) mass is 446 g/mol. The van der Waals surface area contributed by atoms with Gasteiger partial charge in [-0.1, -0.05) is 38.3 Å². The number of thiophene rings is 1. The van der Waals surface area contributed by atoms with Gasteiger partial charge in [0.05, 0.1) is 6.10 Å². The van der Waals surface area contributed by atoms with Crippen molar-refractivity contribution in [2.45, 2.75) is 70.9 Å². The standard InChI is InChI=1S/C23H31N2O3PS/c1-3-4-5-9-21(26)17-11-13-18(14-12-17)24-20(22(27)25(29)23(24)28)8-6-7-19-15-10-16(2)30-19/h10-15,20-21,26H,3-9,29H2,1-2H3. The third-order valence-corrected chi connectivity index (χ3v) is 7.12. The summed E-state index contributed by atoms with van der Waals surface area (Å²) in [7, 11) is 2.24. The molecule has 1 fully saturated rings. The Hall–Kier alpha value is -1.75. The van der Waals surface area contributed by atoms with E-state index in [9.17, 15) is 14.7 Å². The third kappa shape index (κ3) is 5.29. The summed E-state index contributed by atoms with van der Waals surface area (Å²) in [6.45, 7) is 4.23. The van der Waals surface area contributed by atoms with Crippen molar-refractivity contribution in [3.8, 4) is 0 Å². The fraction of sp³-hybridized carbons (Fsp3) is 0.478. The molecule has 3 unspecified atom stereocenters. The predicted octanol–water partition coefficient (Wildman–Crippen LogP) is 5.62. The van der Waals surface area contributed by atoms with Crippen LogP contribution in [-0.2, 0) is 11.2 Å². The summed E-state index contributed by atoms with van der Waals surface area (Å²) >= 11 is 1.78. The number of aliphatic hydroxyl groups is 1. The second-order valence-electron chi connectivity index (χ2n) is 7.88. The molecule has 1 saturated heterocycles. The number of anilines is 1. The molecule has 0 spiro atoms. The Morgan fingerprint density at radius 2 is 1.83 bits per heavy atom. The maximum atomic E-state index is 12.7. The van der Waals surface area contributed by atoms with Gasteiger partial charge in [0.25, 0.3) is 5.91 Å². The number of unbranched alkanes of at least 4 members (excludes halogenated alkanes) is 2. The van der Waals surface area contributed by atoms with Gasteiger partial charge in [-0.05, 0) is 71.8 Å². The molecule has 3 atom stereocenters. The van der Waals surface area contributed by atoms with Crippen molar-refractivity contribution in [2.75, 3.05) is 4.90 Å². The van der Waals surface area contributed by atoms with Crippen molar-refractivity contribution in [3.05, 3.63) is 51.7 Å². The van der Waals surface area contributed by atoms with Crippen LogP contribution in [0.4, 0.5) is 10.5 Å². The molecule has 0 saturated carbocycles. The minimum Gasteiger partial charge on any atom is -0.388 e. The van der Waals surface area contributed by atoms with E-state index in [0.717, 1.165) is 48.8 Å². The van der Waals surface area contributed by atoms with Crippen molar-refractivity contribution in [2.24, 2.45) is 0 Å². The Morgan fingerprint density at radius 3 is 2.47 bits per heavy atom. The lowest BCUT2D eigenvalue weighted by Crippen LogP contribution is -2.35. The molecule has 7 heteroatoms. The number of aliphatic hydroxyl groups excluding tert-OH is 1.